The summed E-state index contributed by atoms with van der Waals surface area (Å²) in [5.41, 5.74) is 8.00. The highest BCUT2D eigenvalue weighted by Gasteiger charge is 2.09. The summed E-state index contributed by atoms with van der Waals surface area (Å²) in [6, 6.07) is 9.27. The summed E-state index contributed by atoms with van der Waals surface area (Å²) in [4.78, 5) is 11.7. The van der Waals surface area contributed by atoms with Gasteiger partial charge in [0.05, 0.1) is 17.1 Å². The summed E-state index contributed by atoms with van der Waals surface area (Å²) in [7, 11) is 0. The van der Waals surface area contributed by atoms with Gasteiger partial charge in [-0.2, -0.15) is 0 Å². The molecule has 110 valence electrons. The summed E-state index contributed by atoms with van der Waals surface area (Å²) in [5, 5.41) is 5.74. The van der Waals surface area contributed by atoms with Gasteiger partial charge >= 0.3 is 0 Å². The third-order valence-corrected chi connectivity index (χ3v) is 3.54. The van der Waals surface area contributed by atoms with Crippen molar-refractivity contribution < 1.29 is 9.18 Å². The second-order valence-corrected chi connectivity index (χ2v) is 5.26. The van der Waals surface area contributed by atoms with Crippen molar-refractivity contribution in [2.24, 2.45) is 0 Å². The van der Waals surface area contributed by atoms with E-state index in [2.05, 4.69) is 26.6 Å². The highest BCUT2D eigenvalue weighted by atomic mass is 79.9. The first kappa shape index (κ1) is 15.3. The lowest BCUT2D eigenvalue weighted by Gasteiger charge is -2.12. The van der Waals surface area contributed by atoms with E-state index in [0.29, 0.717) is 29.2 Å². The number of nitrogens with one attached hydrogen (secondary N) is 2. The molecule has 4 nitrogen and oxygen atoms in total. The van der Waals surface area contributed by atoms with Crippen molar-refractivity contribution in [2.45, 2.75) is 6.92 Å². The lowest BCUT2D eigenvalue weighted by atomic mass is 10.1. The number of nitrogens with two attached hydrogens (primary N) is 1. The smallest absolute Gasteiger partial charge is 0.251 e. The third kappa shape index (κ3) is 3.72. The molecule has 0 heterocycles. The van der Waals surface area contributed by atoms with Crippen molar-refractivity contribution in [2.75, 3.05) is 17.6 Å². The van der Waals surface area contributed by atoms with Gasteiger partial charge in [-0.1, -0.05) is 0 Å². The average Bonchev–Trinajstić information content (AvgIpc) is 2.45. The maximum absolute atomic E-state index is 13.3. The molecule has 2 aromatic carbocycles. The van der Waals surface area contributed by atoms with Crippen LogP contribution in [0.25, 0.3) is 0 Å². The summed E-state index contributed by atoms with van der Waals surface area (Å²) >= 11 is 3.34. The predicted octanol–water partition coefficient (Wildman–Crippen LogP) is 3.66. The Bertz CT molecular complexity index is 676. The first-order chi connectivity index (χ1) is 10.0. The maximum Gasteiger partial charge on any atom is 0.251 e. The molecule has 0 radical (unpaired) electrons. The average molecular weight is 352 g/mol. The first-order valence-electron chi connectivity index (χ1n) is 6.41. The Morgan fingerprint density at radius 3 is 2.67 bits per heavy atom. The number of anilines is 3. The second-order valence-electron chi connectivity index (χ2n) is 4.41. The normalized spacial score (nSPS) is 10.2. The van der Waals surface area contributed by atoms with Crippen molar-refractivity contribution in [3.05, 3.63) is 52.3 Å². The molecule has 0 fully saturated rings. The van der Waals surface area contributed by atoms with Gasteiger partial charge in [0.15, 0.2) is 0 Å². The molecule has 0 aliphatic carbocycles. The molecular weight excluding hydrogens is 337 g/mol. The molecule has 0 spiro atoms. The largest absolute Gasteiger partial charge is 0.397 e. The number of hydrogen-bond acceptors (Lipinski definition) is 3. The molecule has 2 aromatic rings. The van der Waals surface area contributed by atoms with Crippen LogP contribution in [-0.4, -0.2) is 12.5 Å². The van der Waals surface area contributed by atoms with Gasteiger partial charge in [-0.05, 0) is 59.3 Å². The Balaban J connectivity index is 2.25. The van der Waals surface area contributed by atoms with Crippen LogP contribution in [0.1, 0.15) is 17.3 Å². The summed E-state index contributed by atoms with van der Waals surface area (Å²) in [5.74, 6) is -0.527. The van der Waals surface area contributed by atoms with Gasteiger partial charge in [0, 0.05) is 16.6 Å². The van der Waals surface area contributed by atoms with E-state index in [1.807, 2.05) is 6.92 Å². The number of benzene rings is 2. The standard InChI is InChI=1S/C15H15BrFN3O/c1-2-19-15(21)9-3-6-13(12(18)7-9)20-14-8-10(17)4-5-11(14)16/h3-8,20H,2,18H2,1H3,(H,19,21). The monoisotopic (exact) mass is 351 g/mol. The van der Waals surface area contributed by atoms with Crippen molar-refractivity contribution in [3.63, 3.8) is 0 Å². The zero-order valence-corrected chi connectivity index (χ0v) is 13.0. The fourth-order valence-electron chi connectivity index (χ4n) is 1.82. The van der Waals surface area contributed by atoms with E-state index in [9.17, 15) is 9.18 Å². The molecule has 0 saturated carbocycles. The fourth-order valence-corrected chi connectivity index (χ4v) is 2.16. The third-order valence-electron chi connectivity index (χ3n) is 2.85. The molecule has 0 aliphatic rings. The van der Waals surface area contributed by atoms with Crippen LogP contribution in [0.4, 0.5) is 21.5 Å². The number of halogens is 2. The fraction of sp³-hybridized carbons (Fsp3) is 0.133. The zero-order valence-electron chi connectivity index (χ0n) is 11.4. The second kappa shape index (κ2) is 6.58. The van der Waals surface area contributed by atoms with E-state index in [1.165, 1.54) is 12.1 Å². The molecule has 0 unspecified atom stereocenters. The van der Waals surface area contributed by atoms with Gasteiger partial charge in [-0.3, -0.25) is 4.79 Å². The van der Waals surface area contributed by atoms with Gasteiger partial charge in [-0.15, -0.1) is 0 Å². The van der Waals surface area contributed by atoms with E-state index in [1.54, 1.807) is 24.3 Å². The van der Waals surface area contributed by atoms with Crippen LogP contribution in [0.3, 0.4) is 0 Å². The van der Waals surface area contributed by atoms with Crippen LogP contribution in [-0.2, 0) is 0 Å². The number of carbonyl (C=O) groups is 1. The van der Waals surface area contributed by atoms with Crippen LogP contribution in [0.2, 0.25) is 0 Å². The highest BCUT2D eigenvalue weighted by molar-refractivity contribution is 9.10. The Hall–Kier alpha value is -2.08. The molecule has 0 aromatic heterocycles. The van der Waals surface area contributed by atoms with E-state index >= 15 is 0 Å². The van der Waals surface area contributed by atoms with Gasteiger partial charge in [-0.25, -0.2) is 4.39 Å². The molecule has 6 heteroatoms. The quantitative estimate of drug-likeness (QED) is 0.736. The van der Waals surface area contributed by atoms with E-state index in [-0.39, 0.29) is 11.7 Å². The molecule has 0 bridgehead atoms. The van der Waals surface area contributed by atoms with Gasteiger partial charge in [0.25, 0.3) is 5.91 Å². The van der Waals surface area contributed by atoms with Crippen molar-refractivity contribution >= 4 is 38.9 Å². The van der Waals surface area contributed by atoms with Crippen LogP contribution >= 0.6 is 15.9 Å². The minimum Gasteiger partial charge on any atom is -0.397 e. The molecule has 1 amide bonds. The maximum atomic E-state index is 13.3. The number of carbonyl (C=O) groups excluding carboxylic acids is 1. The summed E-state index contributed by atoms with van der Waals surface area (Å²) in [6.45, 7) is 2.40. The lowest BCUT2D eigenvalue weighted by Crippen LogP contribution is -2.22. The van der Waals surface area contributed by atoms with Crippen LogP contribution < -0.4 is 16.4 Å². The van der Waals surface area contributed by atoms with Gasteiger partial charge in [0.2, 0.25) is 0 Å². The molecule has 0 atom stereocenters. The number of amides is 1. The number of nitrogen functional groups attached to an aromatic ring is 1. The highest BCUT2D eigenvalue weighted by Crippen LogP contribution is 2.29. The minimum atomic E-state index is -0.349. The Labute approximate surface area is 130 Å². The summed E-state index contributed by atoms with van der Waals surface area (Å²) < 4.78 is 14.0. The van der Waals surface area contributed by atoms with Crippen LogP contribution in [0, 0.1) is 5.82 Å². The topological polar surface area (TPSA) is 67.2 Å². The number of hydrogen-bond donors (Lipinski definition) is 3. The summed E-state index contributed by atoms with van der Waals surface area (Å²) in [6.07, 6.45) is 0. The van der Waals surface area contributed by atoms with Crippen molar-refractivity contribution in [3.8, 4) is 0 Å². The molecular formula is C15H15BrFN3O. The van der Waals surface area contributed by atoms with E-state index in [0.717, 1.165) is 4.47 Å². The van der Waals surface area contributed by atoms with Crippen molar-refractivity contribution in [1.29, 1.82) is 0 Å². The molecule has 2 rings (SSSR count). The molecule has 0 aliphatic heterocycles. The predicted molar refractivity (Wildman–Crippen MR) is 86.2 cm³/mol. The van der Waals surface area contributed by atoms with Crippen LogP contribution in [0.15, 0.2) is 40.9 Å². The lowest BCUT2D eigenvalue weighted by molar-refractivity contribution is 0.0956. The molecule has 0 saturated heterocycles. The Kier molecular flexibility index (Phi) is 4.80. The van der Waals surface area contributed by atoms with Gasteiger partial charge < -0.3 is 16.4 Å². The zero-order chi connectivity index (χ0) is 15.4. The van der Waals surface area contributed by atoms with E-state index < -0.39 is 0 Å². The first-order valence-corrected chi connectivity index (χ1v) is 7.20. The van der Waals surface area contributed by atoms with E-state index in [4.69, 9.17) is 5.73 Å². The van der Waals surface area contributed by atoms with Gasteiger partial charge in [0.1, 0.15) is 5.82 Å². The SMILES string of the molecule is CCNC(=O)c1ccc(Nc2cc(F)ccc2Br)c(N)c1. The van der Waals surface area contributed by atoms with Crippen LogP contribution in [0.5, 0.6) is 0 Å². The Morgan fingerprint density at radius 1 is 1.24 bits per heavy atom. The minimum absolute atomic E-state index is 0.178. The number of rotatable bonds is 4. The van der Waals surface area contributed by atoms with Crippen molar-refractivity contribution in [1.82, 2.24) is 5.32 Å². The molecule has 21 heavy (non-hydrogen) atoms. The Morgan fingerprint density at radius 2 is 2.00 bits per heavy atom. The molecule has 4 N–H and O–H groups in total.